The van der Waals surface area contributed by atoms with E-state index in [9.17, 15) is 17.3 Å². The Labute approximate surface area is 251 Å². The molecule has 0 amide bonds. The zero-order chi connectivity index (χ0) is 23.8. The van der Waals surface area contributed by atoms with Gasteiger partial charge in [-0.15, -0.1) is 12.4 Å². The van der Waals surface area contributed by atoms with E-state index in [1.54, 1.807) is 0 Å². The average molecular weight is 567 g/mol. The molecule has 0 aromatic heterocycles. The Morgan fingerprint density at radius 3 is 0.857 bits per heavy atom. The van der Waals surface area contributed by atoms with Gasteiger partial charge in [0.2, 0.25) is 0 Å². The van der Waals surface area contributed by atoms with Crippen molar-refractivity contribution in [3.8, 4) is 0 Å². The summed E-state index contributed by atoms with van der Waals surface area (Å²) in [6.07, 6.45) is 25.9. The first-order chi connectivity index (χ1) is 14.7. The van der Waals surface area contributed by atoms with Gasteiger partial charge in [-0.25, -0.2) is 0 Å². The molecule has 214 valence electrons. The van der Waals surface area contributed by atoms with Crippen molar-refractivity contribution in [2.75, 3.05) is 26.7 Å². The molecule has 0 aliphatic rings. The average Bonchev–Trinajstić information content (AvgIpc) is 2.69. The molecule has 0 saturated carbocycles. The van der Waals surface area contributed by atoms with E-state index in [0.717, 1.165) is 0 Å². The minimum absolute atomic E-state index is 0. The number of hydrogen-bond acceptors (Lipinski definition) is 1. The molecular weight excluding hydrogens is 509 g/mol. The number of rotatable bonds is 21. The summed E-state index contributed by atoms with van der Waals surface area (Å²) < 4.78 is 40.4. The van der Waals surface area contributed by atoms with Crippen molar-refractivity contribution in [2.45, 2.75) is 136 Å². The van der Waals surface area contributed by atoms with Gasteiger partial charge in [-0.2, -0.15) is 0 Å². The van der Waals surface area contributed by atoms with E-state index in [1.165, 1.54) is 140 Å². The Morgan fingerprint density at radius 1 is 0.486 bits per heavy atom. The molecule has 3 N–H and O–H groups in total. The molecule has 0 aliphatic carbocycles. The number of nitrogens with zero attached hydrogens (tertiary/aromatic N) is 1. The van der Waals surface area contributed by atoms with E-state index in [4.69, 9.17) is 0 Å². The standard InChI is InChI=1S/C25H54N.BF4.2ClH.H3N.Na/c1-5-8-11-14-17-20-23-26(4,24-21-18-15-12-9-6-2)25-22-19-16-13-10-7-3;2-1(3,4)5;;;;/h5-25H2,1-4H3;;2*1H;1H3;/q+1;-1;;;;+1/p-1. The second-order valence-electron chi connectivity index (χ2n) is 9.59. The van der Waals surface area contributed by atoms with E-state index in [1.807, 2.05) is 0 Å². The van der Waals surface area contributed by atoms with Crippen LogP contribution in [0, 0.1) is 0 Å². The van der Waals surface area contributed by atoms with E-state index >= 15 is 0 Å². The van der Waals surface area contributed by atoms with Crippen molar-refractivity contribution in [1.29, 1.82) is 0 Å². The van der Waals surface area contributed by atoms with Crippen LogP contribution in [0.4, 0.5) is 17.3 Å². The van der Waals surface area contributed by atoms with Gasteiger partial charge in [0.05, 0.1) is 26.7 Å². The second kappa shape index (κ2) is 35.3. The van der Waals surface area contributed by atoms with Gasteiger partial charge in [0.25, 0.3) is 0 Å². The Kier molecular flexibility index (Phi) is 49.7. The van der Waals surface area contributed by atoms with Gasteiger partial charge >= 0.3 is 36.8 Å². The first kappa shape index (κ1) is 49.3. The maximum absolute atomic E-state index is 9.75. The van der Waals surface area contributed by atoms with Crippen molar-refractivity contribution >= 4 is 19.7 Å². The maximum Gasteiger partial charge on any atom is 1.00 e. The molecule has 0 unspecified atom stereocenters. The van der Waals surface area contributed by atoms with Crippen molar-refractivity contribution in [3.63, 3.8) is 0 Å². The van der Waals surface area contributed by atoms with Crippen LogP contribution in [0.1, 0.15) is 136 Å². The van der Waals surface area contributed by atoms with Crippen LogP contribution in [0.25, 0.3) is 0 Å². The number of quaternary nitrogens is 1. The molecule has 0 atom stereocenters. The summed E-state index contributed by atoms with van der Waals surface area (Å²) in [5, 5.41) is 0. The van der Waals surface area contributed by atoms with Crippen LogP contribution in [0.5, 0.6) is 0 Å². The summed E-state index contributed by atoms with van der Waals surface area (Å²) in [5.74, 6) is 0. The summed E-state index contributed by atoms with van der Waals surface area (Å²) in [7, 11) is -3.44. The van der Waals surface area contributed by atoms with Crippen molar-refractivity contribution in [2.24, 2.45) is 0 Å². The SMILES string of the molecule is CCCCCCCC[N+](C)(CCCCCCCC)CCCCCCCC.Cl.F[B-](F)(F)F.N.[Cl-].[Na+]. The van der Waals surface area contributed by atoms with Crippen LogP contribution in [-0.2, 0) is 0 Å². The fourth-order valence-corrected chi connectivity index (χ4v) is 4.16. The van der Waals surface area contributed by atoms with Gasteiger partial charge in [0.1, 0.15) is 0 Å². The zero-order valence-corrected chi connectivity index (χ0v) is 27.5. The third-order valence-electron chi connectivity index (χ3n) is 6.15. The third kappa shape index (κ3) is 48.9. The molecule has 0 spiro atoms. The van der Waals surface area contributed by atoms with Gasteiger partial charge in [0.15, 0.2) is 0 Å². The maximum atomic E-state index is 9.75. The predicted molar refractivity (Wildman–Crippen MR) is 143 cm³/mol. The smallest absolute Gasteiger partial charge is 1.00 e. The summed E-state index contributed by atoms with van der Waals surface area (Å²) in [6.45, 7) is 11.2. The molecule has 0 saturated heterocycles. The predicted octanol–water partition coefficient (Wildman–Crippen LogP) is 4.41. The first-order valence-electron chi connectivity index (χ1n) is 13.4. The van der Waals surface area contributed by atoms with Gasteiger partial charge in [-0.1, -0.05) is 97.8 Å². The zero-order valence-electron chi connectivity index (χ0n) is 23.9. The van der Waals surface area contributed by atoms with Gasteiger partial charge in [-0.05, 0) is 38.5 Å². The molecular formula is C25H58BCl2F4N2Na. The van der Waals surface area contributed by atoms with Crippen LogP contribution in [0.3, 0.4) is 0 Å². The van der Waals surface area contributed by atoms with Crippen LogP contribution in [0.15, 0.2) is 0 Å². The van der Waals surface area contributed by atoms with Crippen LogP contribution in [0.2, 0.25) is 0 Å². The summed E-state index contributed by atoms with van der Waals surface area (Å²) in [5.41, 5.74) is 0. The Morgan fingerprint density at radius 2 is 0.657 bits per heavy atom. The van der Waals surface area contributed by atoms with E-state index < -0.39 is 7.25 Å². The van der Waals surface area contributed by atoms with Gasteiger partial charge in [-0.3, -0.25) is 0 Å². The van der Waals surface area contributed by atoms with Crippen molar-refractivity contribution in [1.82, 2.24) is 6.15 Å². The monoisotopic (exact) mass is 566 g/mol. The molecule has 0 aliphatic heterocycles. The molecule has 35 heavy (non-hydrogen) atoms. The molecule has 0 aromatic carbocycles. The number of unbranched alkanes of at least 4 members (excludes halogenated alkanes) is 15. The molecule has 0 rings (SSSR count). The number of hydrogen-bond donors (Lipinski definition) is 1. The van der Waals surface area contributed by atoms with Crippen molar-refractivity contribution < 1.29 is 63.7 Å². The topological polar surface area (TPSA) is 35.0 Å². The molecule has 0 radical (unpaired) electrons. The summed E-state index contributed by atoms with van der Waals surface area (Å²) >= 11 is 0. The fourth-order valence-electron chi connectivity index (χ4n) is 4.16. The van der Waals surface area contributed by atoms with Crippen LogP contribution >= 0.6 is 12.4 Å². The Bertz CT molecular complexity index is 326. The molecule has 2 nitrogen and oxygen atoms in total. The Balaban J connectivity index is -0.000000211. The van der Waals surface area contributed by atoms with Crippen molar-refractivity contribution in [3.05, 3.63) is 0 Å². The van der Waals surface area contributed by atoms with E-state index in [0.29, 0.717) is 0 Å². The minimum atomic E-state index is -6.00. The van der Waals surface area contributed by atoms with E-state index in [-0.39, 0.29) is 60.5 Å². The molecule has 10 heteroatoms. The van der Waals surface area contributed by atoms with Crippen LogP contribution in [-0.4, -0.2) is 38.4 Å². The molecule has 0 aromatic rings. The van der Waals surface area contributed by atoms with Gasteiger partial charge in [0, 0.05) is 0 Å². The Hall–Kier alpha value is 1.28. The summed E-state index contributed by atoms with van der Waals surface area (Å²) in [6, 6.07) is 0. The molecule has 0 fully saturated rings. The van der Waals surface area contributed by atoms with Crippen LogP contribution < -0.4 is 48.1 Å². The van der Waals surface area contributed by atoms with Gasteiger partial charge < -0.3 is 40.3 Å². The summed E-state index contributed by atoms with van der Waals surface area (Å²) in [4.78, 5) is 0. The molecule has 0 bridgehead atoms. The molecule has 0 heterocycles. The minimum Gasteiger partial charge on any atom is -1.00 e. The quantitative estimate of drug-likeness (QED) is 0.0950. The van der Waals surface area contributed by atoms with E-state index in [2.05, 4.69) is 27.8 Å². The second-order valence-corrected chi connectivity index (χ2v) is 9.59. The fraction of sp³-hybridized carbons (Fsp3) is 1.00. The third-order valence-corrected chi connectivity index (χ3v) is 6.15. The number of halogens is 6. The first-order valence-corrected chi connectivity index (χ1v) is 13.4. The largest absolute Gasteiger partial charge is 1.00 e. The normalized spacial score (nSPS) is 10.6.